The zero-order valence-corrected chi connectivity index (χ0v) is 11.3. The lowest BCUT2D eigenvalue weighted by Gasteiger charge is -2.18. The Morgan fingerprint density at radius 3 is 2.57 bits per heavy atom. The van der Waals surface area contributed by atoms with Gasteiger partial charge in [-0.1, -0.05) is 22.9 Å². The molecule has 0 aromatic rings. The highest BCUT2D eigenvalue weighted by atomic mass is 79.9. The van der Waals surface area contributed by atoms with Crippen LogP contribution in [0.25, 0.3) is 0 Å². The van der Waals surface area contributed by atoms with Crippen molar-refractivity contribution in [2.45, 2.75) is 26.7 Å². The van der Waals surface area contributed by atoms with Crippen molar-refractivity contribution in [3.05, 3.63) is 0 Å². The van der Waals surface area contributed by atoms with E-state index in [1.165, 1.54) is 19.4 Å². The maximum absolute atomic E-state index is 5.31. The van der Waals surface area contributed by atoms with Crippen molar-refractivity contribution in [1.82, 2.24) is 4.90 Å². The summed E-state index contributed by atoms with van der Waals surface area (Å²) in [6.45, 7) is 8.28. The average Bonchev–Trinajstić information content (AvgIpc) is 2.16. The zero-order chi connectivity index (χ0) is 10.8. The molecular weight excluding hydrogens is 242 g/mol. The van der Waals surface area contributed by atoms with Crippen LogP contribution in [0.15, 0.2) is 0 Å². The molecule has 0 saturated carbocycles. The van der Waals surface area contributed by atoms with E-state index in [0.29, 0.717) is 0 Å². The standard InChI is InChI=1S/C11H24BrNO/c1-4-14-10-9-13(3)8-6-11(2)5-7-12/h11H,4-10H2,1-3H3. The van der Waals surface area contributed by atoms with E-state index in [4.69, 9.17) is 4.74 Å². The van der Waals surface area contributed by atoms with Crippen LogP contribution in [0, 0.1) is 5.92 Å². The highest BCUT2D eigenvalue weighted by Crippen LogP contribution is 2.09. The summed E-state index contributed by atoms with van der Waals surface area (Å²) in [6, 6.07) is 0. The molecule has 0 aliphatic carbocycles. The number of alkyl halides is 1. The number of hydrogen-bond donors (Lipinski definition) is 0. The molecule has 14 heavy (non-hydrogen) atoms. The SMILES string of the molecule is CCOCCN(C)CCC(C)CCBr. The topological polar surface area (TPSA) is 12.5 Å². The molecule has 3 heteroatoms. The van der Waals surface area contributed by atoms with E-state index < -0.39 is 0 Å². The largest absolute Gasteiger partial charge is 0.380 e. The Balaban J connectivity index is 3.29. The lowest BCUT2D eigenvalue weighted by Crippen LogP contribution is -2.25. The Hall–Kier alpha value is 0.400. The number of ether oxygens (including phenoxy) is 1. The van der Waals surface area contributed by atoms with Crippen molar-refractivity contribution in [2.24, 2.45) is 5.92 Å². The van der Waals surface area contributed by atoms with E-state index in [-0.39, 0.29) is 0 Å². The van der Waals surface area contributed by atoms with Gasteiger partial charge in [0, 0.05) is 18.5 Å². The van der Waals surface area contributed by atoms with Gasteiger partial charge >= 0.3 is 0 Å². The lowest BCUT2D eigenvalue weighted by atomic mass is 10.1. The van der Waals surface area contributed by atoms with Crippen LogP contribution < -0.4 is 0 Å². The van der Waals surface area contributed by atoms with Crippen molar-refractivity contribution >= 4 is 15.9 Å². The average molecular weight is 266 g/mol. The normalized spacial score (nSPS) is 13.5. The second kappa shape index (κ2) is 9.94. The van der Waals surface area contributed by atoms with Gasteiger partial charge in [-0.15, -0.1) is 0 Å². The third kappa shape index (κ3) is 8.97. The van der Waals surface area contributed by atoms with E-state index in [2.05, 4.69) is 34.8 Å². The third-order valence-electron chi connectivity index (χ3n) is 2.43. The monoisotopic (exact) mass is 265 g/mol. The van der Waals surface area contributed by atoms with Crippen molar-refractivity contribution in [1.29, 1.82) is 0 Å². The quantitative estimate of drug-likeness (QED) is 0.470. The summed E-state index contributed by atoms with van der Waals surface area (Å²) in [5, 5.41) is 1.12. The van der Waals surface area contributed by atoms with Gasteiger partial charge in [-0.2, -0.15) is 0 Å². The van der Waals surface area contributed by atoms with Gasteiger partial charge in [0.25, 0.3) is 0 Å². The minimum absolute atomic E-state index is 0.823. The summed E-state index contributed by atoms with van der Waals surface area (Å²) < 4.78 is 5.31. The third-order valence-corrected chi connectivity index (χ3v) is 2.88. The van der Waals surface area contributed by atoms with Crippen LogP contribution in [0.5, 0.6) is 0 Å². The first-order valence-electron chi connectivity index (χ1n) is 5.53. The van der Waals surface area contributed by atoms with E-state index in [9.17, 15) is 0 Å². The van der Waals surface area contributed by atoms with Crippen molar-refractivity contribution in [2.75, 3.05) is 38.7 Å². The molecule has 0 saturated heterocycles. The lowest BCUT2D eigenvalue weighted by molar-refractivity contribution is 0.120. The van der Waals surface area contributed by atoms with E-state index in [1.807, 2.05) is 6.92 Å². The van der Waals surface area contributed by atoms with Crippen LogP contribution in [0.2, 0.25) is 0 Å². The maximum atomic E-state index is 5.31. The van der Waals surface area contributed by atoms with Gasteiger partial charge in [0.05, 0.1) is 6.61 Å². The van der Waals surface area contributed by atoms with E-state index >= 15 is 0 Å². The molecule has 0 aromatic carbocycles. The van der Waals surface area contributed by atoms with E-state index in [0.717, 1.165) is 31.0 Å². The number of hydrogen-bond acceptors (Lipinski definition) is 2. The second-order valence-corrected chi connectivity index (χ2v) is 4.66. The van der Waals surface area contributed by atoms with Gasteiger partial charge in [-0.05, 0) is 39.3 Å². The van der Waals surface area contributed by atoms with Crippen molar-refractivity contribution < 1.29 is 4.74 Å². The molecule has 0 aliphatic heterocycles. The summed E-state index contributed by atoms with van der Waals surface area (Å²) in [5.74, 6) is 0.823. The van der Waals surface area contributed by atoms with Gasteiger partial charge in [0.15, 0.2) is 0 Å². The summed E-state index contributed by atoms with van der Waals surface area (Å²) >= 11 is 3.47. The Morgan fingerprint density at radius 1 is 1.29 bits per heavy atom. The number of nitrogens with zero attached hydrogens (tertiary/aromatic N) is 1. The molecule has 0 rings (SSSR count). The van der Waals surface area contributed by atoms with Crippen LogP contribution in [-0.2, 0) is 4.74 Å². The summed E-state index contributed by atoms with van der Waals surface area (Å²) in [5.41, 5.74) is 0. The van der Waals surface area contributed by atoms with Crippen LogP contribution in [0.1, 0.15) is 26.7 Å². The minimum atomic E-state index is 0.823. The molecule has 0 bridgehead atoms. The summed E-state index contributed by atoms with van der Waals surface area (Å²) in [4.78, 5) is 2.35. The number of rotatable bonds is 9. The fourth-order valence-electron chi connectivity index (χ4n) is 1.25. The van der Waals surface area contributed by atoms with Crippen LogP contribution in [-0.4, -0.2) is 43.6 Å². The Bertz CT molecular complexity index is 122. The first-order chi connectivity index (χ1) is 6.70. The molecule has 0 spiro atoms. The molecule has 0 aliphatic rings. The molecule has 2 nitrogen and oxygen atoms in total. The van der Waals surface area contributed by atoms with E-state index in [1.54, 1.807) is 0 Å². The van der Waals surface area contributed by atoms with Crippen molar-refractivity contribution in [3.63, 3.8) is 0 Å². The molecule has 1 atom stereocenters. The fraction of sp³-hybridized carbons (Fsp3) is 1.00. The number of likely N-dealkylation sites (N-methyl/N-ethyl adjacent to an activating group) is 1. The Morgan fingerprint density at radius 2 is 2.00 bits per heavy atom. The first kappa shape index (κ1) is 14.4. The van der Waals surface area contributed by atoms with Crippen LogP contribution in [0.3, 0.4) is 0 Å². The minimum Gasteiger partial charge on any atom is -0.380 e. The van der Waals surface area contributed by atoms with Gasteiger partial charge < -0.3 is 9.64 Å². The predicted molar refractivity (Wildman–Crippen MR) is 66.2 cm³/mol. The summed E-state index contributed by atoms with van der Waals surface area (Å²) in [7, 11) is 2.17. The molecule has 0 aromatic heterocycles. The second-order valence-electron chi connectivity index (χ2n) is 3.87. The van der Waals surface area contributed by atoms with Gasteiger partial charge in [0.1, 0.15) is 0 Å². The molecule has 0 amide bonds. The van der Waals surface area contributed by atoms with Crippen molar-refractivity contribution in [3.8, 4) is 0 Å². The molecule has 86 valence electrons. The highest BCUT2D eigenvalue weighted by molar-refractivity contribution is 9.09. The van der Waals surface area contributed by atoms with Crippen LogP contribution in [0.4, 0.5) is 0 Å². The first-order valence-corrected chi connectivity index (χ1v) is 6.65. The van der Waals surface area contributed by atoms with Gasteiger partial charge in [-0.25, -0.2) is 0 Å². The van der Waals surface area contributed by atoms with Gasteiger partial charge in [-0.3, -0.25) is 0 Å². The molecule has 0 radical (unpaired) electrons. The Kier molecular flexibility index (Phi) is 10.2. The van der Waals surface area contributed by atoms with Gasteiger partial charge in [0.2, 0.25) is 0 Å². The fourth-order valence-corrected chi connectivity index (χ4v) is 2.03. The number of halogens is 1. The highest BCUT2D eigenvalue weighted by Gasteiger charge is 2.03. The molecule has 1 unspecified atom stereocenters. The smallest absolute Gasteiger partial charge is 0.0593 e. The zero-order valence-electron chi connectivity index (χ0n) is 9.76. The molecular formula is C11H24BrNO. The van der Waals surface area contributed by atoms with Crippen LogP contribution >= 0.6 is 15.9 Å². The molecule has 0 N–H and O–H groups in total. The predicted octanol–water partition coefficient (Wildman–Crippen LogP) is 2.77. The Labute approximate surface area is 97.1 Å². The maximum Gasteiger partial charge on any atom is 0.0593 e. The summed E-state index contributed by atoms with van der Waals surface area (Å²) in [6.07, 6.45) is 2.56. The molecule has 0 fully saturated rings. The molecule has 0 heterocycles.